The Bertz CT molecular complexity index is 697. The molecule has 0 spiro atoms. The minimum Gasteiger partial charge on any atom is -0.493 e. The fourth-order valence-electron chi connectivity index (χ4n) is 2.28. The van der Waals surface area contributed by atoms with Crippen LogP contribution < -0.4 is 20.5 Å². The van der Waals surface area contributed by atoms with E-state index in [4.69, 9.17) is 15.2 Å². The minimum atomic E-state index is -1.14. The first-order valence-electron chi connectivity index (χ1n) is 7.28. The molecule has 0 heterocycles. The third-order valence-corrected chi connectivity index (χ3v) is 3.82. The van der Waals surface area contributed by atoms with Gasteiger partial charge in [0.1, 0.15) is 5.54 Å². The second-order valence-electron chi connectivity index (χ2n) is 5.54. The fraction of sp³-hybridized carbons (Fsp3) is 0.278. The highest BCUT2D eigenvalue weighted by Gasteiger charge is 2.30. The van der Waals surface area contributed by atoms with Crippen LogP contribution >= 0.6 is 0 Å². The van der Waals surface area contributed by atoms with Crippen LogP contribution in [0.25, 0.3) is 0 Å². The van der Waals surface area contributed by atoms with Crippen LogP contribution in [0, 0.1) is 6.92 Å². The van der Waals surface area contributed by atoms with Gasteiger partial charge in [0.25, 0.3) is 0 Å². The summed E-state index contributed by atoms with van der Waals surface area (Å²) < 4.78 is 10.5. The molecular formula is C18H22N2O3. The van der Waals surface area contributed by atoms with Gasteiger partial charge in [-0.15, -0.1) is 0 Å². The molecule has 23 heavy (non-hydrogen) atoms. The number of nitrogens with one attached hydrogen (secondary N) is 1. The predicted molar refractivity (Wildman–Crippen MR) is 90.9 cm³/mol. The van der Waals surface area contributed by atoms with Gasteiger partial charge in [0.05, 0.1) is 14.2 Å². The third kappa shape index (κ3) is 3.46. The van der Waals surface area contributed by atoms with E-state index in [1.54, 1.807) is 27.2 Å². The van der Waals surface area contributed by atoms with E-state index in [2.05, 4.69) is 5.32 Å². The predicted octanol–water partition coefficient (Wildman–Crippen LogP) is 2.82. The zero-order valence-electron chi connectivity index (χ0n) is 13.8. The molecule has 1 unspecified atom stereocenters. The molecule has 5 nitrogen and oxygen atoms in total. The average Bonchev–Trinajstić information content (AvgIpc) is 2.56. The molecule has 0 saturated heterocycles. The van der Waals surface area contributed by atoms with Crippen LogP contribution in [-0.2, 0) is 10.3 Å². The lowest BCUT2D eigenvalue weighted by Gasteiger charge is -2.25. The summed E-state index contributed by atoms with van der Waals surface area (Å²) in [5.74, 6) is 0.868. The molecule has 1 amide bonds. The molecule has 0 bridgehead atoms. The summed E-state index contributed by atoms with van der Waals surface area (Å²) in [6.07, 6.45) is 0. The summed E-state index contributed by atoms with van der Waals surface area (Å²) >= 11 is 0. The number of nitrogens with two attached hydrogens (primary N) is 1. The number of benzene rings is 2. The van der Waals surface area contributed by atoms with Crippen molar-refractivity contribution in [2.45, 2.75) is 19.4 Å². The van der Waals surface area contributed by atoms with E-state index in [9.17, 15) is 4.79 Å². The van der Waals surface area contributed by atoms with Crippen LogP contribution in [0.15, 0.2) is 42.5 Å². The van der Waals surface area contributed by atoms with Gasteiger partial charge in [-0.1, -0.05) is 30.3 Å². The lowest BCUT2D eigenvalue weighted by molar-refractivity contribution is -0.120. The highest BCUT2D eigenvalue weighted by molar-refractivity contribution is 5.99. The number of carbonyl (C=O) groups is 1. The van der Waals surface area contributed by atoms with Crippen LogP contribution in [0.2, 0.25) is 0 Å². The maximum atomic E-state index is 12.6. The smallest absolute Gasteiger partial charge is 0.248 e. The molecule has 0 aliphatic rings. The van der Waals surface area contributed by atoms with Crippen LogP contribution in [0.1, 0.15) is 18.1 Å². The number of rotatable bonds is 5. The monoisotopic (exact) mass is 314 g/mol. The Morgan fingerprint density at radius 1 is 1.09 bits per heavy atom. The Kier molecular flexibility index (Phi) is 4.91. The molecule has 2 aromatic rings. The Morgan fingerprint density at radius 3 is 2.22 bits per heavy atom. The topological polar surface area (TPSA) is 73.6 Å². The van der Waals surface area contributed by atoms with E-state index >= 15 is 0 Å². The van der Waals surface area contributed by atoms with Gasteiger partial charge < -0.3 is 20.5 Å². The summed E-state index contributed by atoms with van der Waals surface area (Å²) in [4.78, 5) is 12.6. The molecular weight excluding hydrogens is 292 g/mol. The molecule has 0 fully saturated rings. The summed E-state index contributed by atoms with van der Waals surface area (Å²) in [6.45, 7) is 3.57. The molecule has 0 aromatic heterocycles. The van der Waals surface area contributed by atoms with Crippen molar-refractivity contribution in [2.24, 2.45) is 5.73 Å². The second kappa shape index (κ2) is 6.71. The van der Waals surface area contributed by atoms with Crippen molar-refractivity contribution in [2.75, 3.05) is 19.5 Å². The maximum absolute atomic E-state index is 12.6. The van der Waals surface area contributed by atoms with Crippen molar-refractivity contribution in [1.82, 2.24) is 0 Å². The number of methoxy groups -OCH3 is 2. The first-order valence-corrected chi connectivity index (χ1v) is 7.28. The van der Waals surface area contributed by atoms with Gasteiger partial charge in [0.15, 0.2) is 11.5 Å². The third-order valence-electron chi connectivity index (χ3n) is 3.82. The zero-order chi connectivity index (χ0) is 17.0. The summed E-state index contributed by atoms with van der Waals surface area (Å²) in [6, 6.07) is 12.8. The van der Waals surface area contributed by atoms with Crippen molar-refractivity contribution in [1.29, 1.82) is 0 Å². The number of hydrogen-bond acceptors (Lipinski definition) is 4. The standard InChI is InChI=1S/C18H22N2O3/c1-12-10-15(22-3)16(23-4)11-14(12)20-17(21)18(2,19)13-8-6-5-7-9-13/h5-11H,19H2,1-4H3,(H,20,21). The maximum Gasteiger partial charge on any atom is 0.248 e. The van der Waals surface area contributed by atoms with E-state index in [-0.39, 0.29) is 5.91 Å². The van der Waals surface area contributed by atoms with Crippen molar-refractivity contribution in [3.8, 4) is 11.5 Å². The van der Waals surface area contributed by atoms with E-state index in [1.165, 1.54) is 0 Å². The average molecular weight is 314 g/mol. The molecule has 2 rings (SSSR count). The van der Waals surface area contributed by atoms with Crippen molar-refractivity contribution < 1.29 is 14.3 Å². The van der Waals surface area contributed by atoms with Gasteiger partial charge in [0, 0.05) is 11.8 Å². The molecule has 0 aliphatic carbocycles. The van der Waals surface area contributed by atoms with Crippen LogP contribution in [0.3, 0.4) is 0 Å². The first kappa shape index (κ1) is 16.8. The SMILES string of the molecule is COc1cc(C)c(NC(=O)C(C)(N)c2ccccc2)cc1OC. The number of aryl methyl sites for hydroxylation is 1. The lowest BCUT2D eigenvalue weighted by Crippen LogP contribution is -2.45. The van der Waals surface area contributed by atoms with Crippen molar-refractivity contribution >= 4 is 11.6 Å². The number of hydrogen-bond donors (Lipinski definition) is 2. The van der Waals surface area contributed by atoms with Gasteiger partial charge in [0.2, 0.25) is 5.91 Å². The van der Waals surface area contributed by atoms with Crippen molar-refractivity contribution in [3.05, 3.63) is 53.6 Å². The molecule has 5 heteroatoms. The number of ether oxygens (including phenoxy) is 2. The highest BCUT2D eigenvalue weighted by Crippen LogP contribution is 2.33. The quantitative estimate of drug-likeness (QED) is 0.890. The molecule has 122 valence electrons. The Hall–Kier alpha value is -2.53. The summed E-state index contributed by atoms with van der Waals surface area (Å²) in [5.41, 5.74) is 7.35. The van der Waals surface area contributed by atoms with Crippen molar-refractivity contribution in [3.63, 3.8) is 0 Å². The van der Waals surface area contributed by atoms with Crippen LogP contribution in [0.5, 0.6) is 11.5 Å². The zero-order valence-corrected chi connectivity index (χ0v) is 13.8. The molecule has 0 aliphatic heterocycles. The van der Waals surface area contributed by atoms with Gasteiger partial charge in [-0.25, -0.2) is 0 Å². The number of carbonyl (C=O) groups excluding carboxylic acids is 1. The van der Waals surface area contributed by atoms with E-state index < -0.39 is 5.54 Å². The number of amides is 1. The molecule has 3 N–H and O–H groups in total. The lowest BCUT2D eigenvalue weighted by atomic mass is 9.92. The number of anilines is 1. The summed E-state index contributed by atoms with van der Waals surface area (Å²) in [5, 5.41) is 2.88. The first-order chi connectivity index (χ1) is 10.9. The van der Waals surface area contributed by atoms with Gasteiger partial charge in [-0.2, -0.15) is 0 Å². The van der Waals surface area contributed by atoms with Crippen LogP contribution in [0.4, 0.5) is 5.69 Å². The van der Waals surface area contributed by atoms with Gasteiger partial charge in [-0.3, -0.25) is 4.79 Å². The molecule has 0 saturated carbocycles. The van der Waals surface area contributed by atoms with E-state index in [0.717, 1.165) is 11.1 Å². The van der Waals surface area contributed by atoms with E-state index in [1.807, 2.05) is 43.3 Å². The van der Waals surface area contributed by atoms with Gasteiger partial charge >= 0.3 is 0 Å². The largest absolute Gasteiger partial charge is 0.493 e. The molecule has 2 aromatic carbocycles. The van der Waals surface area contributed by atoms with Crippen LogP contribution in [-0.4, -0.2) is 20.1 Å². The molecule has 1 atom stereocenters. The highest BCUT2D eigenvalue weighted by atomic mass is 16.5. The second-order valence-corrected chi connectivity index (χ2v) is 5.54. The fourth-order valence-corrected chi connectivity index (χ4v) is 2.28. The Morgan fingerprint density at radius 2 is 1.65 bits per heavy atom. The molecule has 0 radical (unpaired) electrons. The Balaban J connectivity index is 2.30. The van der Waals surface area contributed by atoms with E-state index in [0.29, 0.717) is 17.2 Å². The summed E-state index contributed by atoms with van der Waals surface area (Å²) in [7, 11) is 3.12. The Labute approximate surface area is 136 Å². The normalized spacial score (nSPS) is 13.1. The van der Waals surface area contributed by atoms with Gasteiger partial charge in [-0.05, 0) is 31.0 Å². The minimum absolute atomic E-state index is 0.293.